The predicted octanol–water partition coefficient (Wildman–Crippen LogP) is 1.70. The number of hydrogen-bond donors (Lipinski definition) is 0. The van der Waals surface area contributed by atoms with Crippen molar-refractivity contribution in [3.63, 3.8) is 0 Å². The van der Waals surface area contributed by atoms with E-state index in [9.17, 15) is 4.79 Å². The fraction of sp³-hybridized carbons (Fsp3) is 0.714. The lowest BCUT2D eigenvalue weighted by molar-refractivity contribution is -0.121. The Balaban J connectivity index is 3.46. The zero-order chi connectivity index (χ0) is 6.57. The van der Waals surface area contributed by atoms with E-state index in [1.165, 1.54) is 0 Å². The first-order chi connectivity index (χ1) is 3.72. The summed E-state index contributed by atoms with van der Waals surface area (Å²) < 4.78 is 0. The molecule has 0 heterocycles. The van der Waals surface area contributed by atoms with E-state index < -0.39 is 0 Å². The molecule has 0 aromatic carbocycles. The molecule has 0 aromatic heterocycles. The van der Waals surface area contributed by atoms with Crippen molar-refractivity contribution in [2.75, 3.05) is 0 Å². The van der Waals surface area contributed by atoms with Gasteiger partial charge in [0.1, 0.15) is 5.78 Å². The SMILES string of the molecule is [CH]C(CC)C(=O)CC. The van der Waals surface area contributed by atoms with Gasteiger partial charge in [0.25, 0.3) is 0 Å². The summed E-state index contributed by atoms with van der Waals surface area (Å²) in [6, 6.07) is 0. The third kappa shape index (κ3) is 2.10. The van der Waals surface area contributed by atoms with E-state index in [1.54, 1.807) is 0 Å². The van der Waals surface area contributed by atoms with E-state index in [0.29, 0.717) is 6.42 Å². The summed E-state index contributed by atoms with van der Waals surface area (Å²) in [7, 11) is 0. The average molecular weight is 112 g/mol. The molecule has 0 aromatic rings. The summed E-state index contributed by atoms with van der Waals surface area (Å²) in [6.07, 6.45) is 1.32. The lowest BCUT2D eigenvalue weighted by Crippen LogP contribution is -2.07. The summed E-state index contributed by atoms with van der Waals surface area (Å²) in [5, 5.41) is 0. The molecule has 0 N–H and O–H groups in total. The van der Waals surface area contributed by atoms with E-state index in [2.05, 4.69) is 0 Å². The molecule has 0 aliphatic carbocycles. The van der Waals surface area contributed by atoms with Crippen molar-refractivity contribution in [3.05, 3.63) is 6.92 Å². The van der Waals surface area contributed by atoms with Crippen molar-refractivity contribution in [2.24, 2.45) is 5.92 Å². The van der Waals surface area contributed by atoms with Crippen molar-refractivity contribution in [1.82, 2.24) is 0 Å². The molecule has 0 rings (SSSR count). The molecule has 0 amide bonds. The van der Waals surface area contributed by atoms with Crippen LogP contribution in [0.2, 0.25) is 0 Å². The molecule has 0 bridgehead atoms. The van der Waals surface area contributed by atoms with Gasteiger partial charge >= 0.3 is 0 Å². The fourth-order valence-electron chi connectivity index (χ4n) is 0.490. The molecule has 1 atom stereocenters. The quantitative estimate of drug-likeness (QED) is 0.543. The molecule has 0 spiro atoms. The van der Waals surface area contributed by atoms with Crippen LogP contribution in [0.15, 0.2) is 0 Å². The highest BCUT2D eigenvalue weighted by Crippen LogP contribution is 2.02. The number of Topliss-reactive ketones (excluding diaryl/α,β-unsaturated/α-hetero) is 1. The van der Waals surface area contributed by atoms with Gasteiger partial charge in [0.15, 0.2) is 0 Å². The first-order valence-electron chi connectivity index (χ1n) is 3.00. The smallest absolute Gasteiger partial charge is 0.135 e. The molecule has 1 heteroatoms. The molecule has 0 saturated heterocycles. The van der Waals surface area contributed by atoms with E-state index in [-0.39, 0.29) is 11.7 Å². The zero-order valence-corrected chi connectivity index (χ0v) is 5.48. The lowest BCUT2D eigenvalue weighted by Gasteiger charge is -2.01. The number of rotatable bonds is 3. The maximum Gasteiger partial charge on any atom is 0.135 e. The van der Waals surface area contributed by atoms with Crippen LogP contribution >= 0.6 is 0 Å². The first-order valence-corrected chi connectivity index (χ1v) is 3.00. The number of ketones is 1. The van der Waals surface area contributed by atoms with Gasteiger partial charge in [-0.25, -0.2) is 0 Å². The van der Waals surface area contributed by atoms with Gasteiger partial charge in [-0.1, -0.05) is 13.8 Å². The summed E-state index contributed by atoms with van der Waals surface area (Å²) in [6.45, 7) is 9.12. The van der Waals surface area contributed by atoms with Crippen LogP contribution < -0.4 is 0 Å². The minimum Gasteiger partial charge on any atom is -0.299 e. The number of carbonyl (C=O) groups is 1. The number of carbonyl (C=O) groups excluding carboxylic acids is 1. The van der Waals surface area contributed by atoms with Crippen molar-refractivity contribution >= 4 is 5.78 Å². The average Bonchev–Trinajstić information content (AvgIpc) is 1.84. The second-order valence-electron chi connectivity index (χ2n) is 1.83. The normalized spacial score (nSPS) is 13.4. The minimum absolute atomic E-state index is 0.160. The number of hydrogen-bond acceptors (Lipinski definition) is 1. The van der Waals surface area contributed by atoms with Gasteiger partial charge in [-0.05, 0) is 13.3 Å². The molecule has 8 heavy (non-hydrogen) atoms. The Morgan fingerprint density at radius 3 is 2.25 bits per heavy atom. The summed E-state index contributed by atoms with van der Waals surface area (Å²) in [5.74, 6) is -0.0625. The van der Waals surface area contributed by atoms with Crippen LogP contribution in [0.1, 0.15) is 26.7 Å². The van der Waals surface area contributed by atoms with Crippen molar-refractivity contribution < 1.29 is 4.79 Å². The summed E-state index contributed by atoms with van der Waals surface area (Å²) in [4.78, 5) is 10.6. The van der Waals surface area contributed by atoms with E-state index >= 15 is 0 Å². The van der Waals surface area contributed by atoms with Gasteiger partial charge in [-0.3, -0.25) is 4.79 Å². The van der Waals surface area contributed by atoms with Crippen LogP contribution in [0.4, 0.5) is 0 Å². The highest BCUT2D eigenvalue weighted by atomic mass is 16.1. The molecule has 2 radical (unpaired) electrons. The predicted molar refractivity (Wildman–Crippen MR) is 33.4 cm³/mol. The first kappa shape index (κ1) is 7.67. The summed E-state index contributed by atoms with van der Waals surface area (Å²) in [5.41, 5.74) is 0. The topological polar surface area (TPSA) is 17.1 Å². The van der Waals surface area contributed by atoms with Crippen LogP contribution in [0.25, 0.3) is 0 Å². The Labute approximate surface area is 51.1 Å². The second-order valence-corrected chi connectivity index (χ2v) is 1.83. The Hall–Kier alpha value is -0.330. The van der Waals surface area contributed by atoms with Gasteiger partial charge in [0, 0.05) is 12.3 Å². The maximum absolute atomic E-state index is 10.6. The molecular weight excluding hydrogens is 100 g/mol. The van der Waals surface area contributed by atoms with Crippen LogP contribution in [-0.4, -0.2) is 5.78 Å². The molecular formula is C7H12O. The molecule has 1 nitrogen and oxygen atoms in total. The van der Waals surface area contributed by atoms with Crippen LogP contribution in [-0.2, 0) is 4.79 Å². The third-order valence-corrected chi connectivity index (χ3v) is 1.20. The Kier molecular flexibility index (Phi) is 3.49. The molecule has 1 unspecified atom stereocenters. The maximum atomic E-state index is 10.6. The molecule has 0 saturated carbocycles. The van der Waals surface area contributed by atoms with Gasteiger partial charge < -0.3 is 0 Å². The minimum atomic E-state index is -0.222. The van der Waals surface area contributed by atoms with Gasteiger partial charge in [0.05, 0.1) is 0 Å². The van der Waals surface area contributed by atoms with Gasteiger partial charge in [-0.2, -0.15) is 0 Å². The summed E-state index contributed by atoms with van der Waals surface area (Å²) >= 11 is 0. The lowest BCUT2D eigenvalue weighted by atomic mass is 10.0. The molecule has 0 aliphatic rings. The van der Waals surface area contributed by atoms with E-state index in [0.717, 1.165) is 6.42 Å². The van der Waals surface area contributed by atoms with E-state index in [1.807, 2.05) is 13.8 Å². The third-order valence-electron chi connectivity index (χ3n) is 1.20. The highest BCUT2D eigenvalue weighted by Gasteiger charge is 2.06. The molecule has 46 valence electrons. The van der Waals surface area contributed by atoms with Crippen molar-refractivity contribution in [2.45, 2.75) is 26.7 Å². The van der Waals surface area contributed by atoms with Crippen LogP contribution in [0.5, 0.6) is 0 Å². The van der Waals surface area contributed by atoms with Gasteiger partial charge in [0.2, 0.25) is 0 Å². The zero-order valence-electron chi connectivity index (χ0n) is 5.48. The standard InChI is InChI=1S/C7H12O/c1-4-6(3)7(8)5-2/h3,6H,4-5H2,1-2H3. The van der Waals surface area contributed by atoms with Crippen LogP contribution in [0, 0.1) is 12.8 Å². The van der Waals surface area contributed by atoms with Gasteiger partial charge in [-0.15, -0.1) is 0 Å². The Bertz CT molecular complexity index is 76.5. The monoisotopic (exact) mass is 112 g/mol. The molecule has 0 aliphatic heterocycles. The Morgan fingerprint density at radius 1 is 1.62 bits per heavy atom. The van der Waals surface area contributed by atoms with E-state index in [4.69, 9.17) is 6.92 Å². The second kappa shape index (κ2) is 3.65. The highest BCUT2D eigenvalue weighted by molar-refractivity contribution is 5.81. The molecule has 0 fully saturated rings. The Morgan fingerprint density at radius 2 is 2.12 bits per heavy atom. The fourth-order valence-corrected chi connectivity index (χ4v) is 0.490. The van der Waals surface area contributed by atoms with Crippen molar-refractivity contribution in [1.29, 1.82) is 0 Å². The van der Waals surface area contributed by atoms with Crippen LogP contribution in [0.3, 0.4) is 0 Å². The van der Waals surface area contributed by atoms with Crippen molar-refractivity contribution in [3.8, 4) is 0 Å². The largest absolute Gasteiger partial charge is 0.299 e.